The zero-order chi connectivity index (χ0) is 23.4. The molecule has 0 spiro atoms. The van der Waals surface area contributed by atoms with Crippen LogP contribution in [0.1, 0.15) is 25.0 Å². The lowest BCUT2D eigenvalue weighted by molar-refractivity contribution is -0.399. The second-order valence-electron chi connectivity index (χ2n) is 7.55. The van der Waals surface area contributed by atoms with Crippen LogP contribution in [0.4, 0.5) is 11.4 Å². The first-order chi connectivity index (χ1) is 15.3. The highest BCUT2D eigenvalue weighted by molar-refractivity contribution is 9.10. The van der Waals surface area contributed by atoms with Crippen molar-refractivity contribution in [1.29, 1.82) is 0 Å². The molecule has 1 aliphatic heterocycles. The quantitative estimate of drug-likeness (QED) is 0.510. The molecule has 0 bridgehead atoms. The summed E-state index contributed by atoms with van der Waals surface area (Å²) in [7, 11) is 2.13. The van der Waals surface area contributed by atoms with Gasteiger partial charge in [0.05, 0.1) is 29.6 Å². The predicted molar refractivity (Wildman–Crippen MR) is 129 cm³/mol. The minimum atomic E-state index is -1.44. The SMILES string of the molecule is CC(O)C(=O)[O-].CCN(CCO)c1ccc(C2=[N+](C)c3ccc(Br)c4cccc2c34)cc1. The average Bonchev–Trinajstić information content (AvgIpc) is 3.07. The van der Waals surface area contributed by atoms with Crippen LogP contribution < -0.4 is 10.0 Å². The van der Waals surface area contributed by atoms with Gasteiger partial charge >= 0.3 is 0 Å². The van der Waals surface area contributed by atoms with Crippen molar-refractivity contribution in [1.82, 2.24) is 0 Å². The molecule has 3 aromatic carbocycles. The van der Waals surface area contributed by atoms with Crippen LogP contribution in [0.15, 0.2) is 59.1 Å². The Morgan fingerprint density at radius 3 is 2.38 bits per heavy atom. The summed E-state index contributed by atoms with van der Waals surface area (Å²) in [5, 5.41) is 29.1. The van der Waals surface area contributed by atoms with Crippen molar-refractivity contribution in [3.8, 4) is 0 Å². The van der Waals surface area contributed by atoms with Crippen LogP contribution in [0.25, 0.3) is 10.8 Å². The maximum absolute atomic E-state index is 9.34. The van der Waals surface area contributed by atoms with E-state index < -0.39 is 12.1 Å². The first-order valence-electron chi connectivity index (χ1n) is 10.5. The maximum atomic E-state index is 9.34. The Hall–Kier alpha value is -2.74. The van der Waals surface area contributed by atoms with Crippen LogP contribution in [0.2, 0.25) is 0 Å². The first kappa shape index (κ1) is 23.9. The lowest BCUT2D eigenvalue weighted by Gasteiger charge is -2.22. The molecule has 0 saturated carbocycles. The zero-order valence-electron chi connectivity index (χ0n) is 18.4. The van der Waals surface area contributed by atoms with Gasteiger partial charge in [-0.15, -0.1) is 0 Å². The largest absolute Gasteiger partial charge is 0.547 e. The topological polar surface area (TPSA) is 86.8 Å². The molecule has 0 aliphatic carbocycles. The van der Waals surface area contributed by atoms with Gasteiger partial charge in [-0.2, -0.15) is 4.58 Å². The second kappa shape index (κ2) is 10.3. The maximum Gasteiger partial charge on any atom is 0.220 e. The third-order valence-corrected chi connectivity index (χ3v) is 6.21. The van der Waals surface area contributed by atoms with E-state index in [1.54, 1.807) is 0 Å². The van der Waals surface area contributed by atoms with Crippen molar-refractivity contribution in [2.45, 2.75) is 20.0 Å². The Morgan fingerprint density at radius 1 is 1.16 bits per heavy atom. The van der Waals surface area contributed by atoms with Gasteiger partial charge in [0.15, 0.2) is 0 Å². The van der Waals surface area contributed by atoms with Crippen molar-refractivity contribution in [3.05, 3.63) is 70.2 Å². The Morgan fingerprint density at radius 2 is 1.81 bits per heavy atom. The number of carboxylic acids is 1. The van der Waals surface area contributed by atoms with E-state index in [0.29, 0.717) is 6.54 Å². The number of halogens is 1. The Bertz CT molecular complexity index is 1160. The van der Waals surface area contributed by atoms with Crippen LogP contribution >= 0.6 is 15.9 Å². The summed E-state index contributed by atoms with van der Waals surface area (Å²) in [5.41, 5.74) is 6.10. The molecule has 32 heavy (non-hydrogen) atoms. The van der Waals surface area contributed by atoms with Crippen LogP contribution in [-0.2, 0) is 4.79 Å². The number of carboxylic acid groups (broad SMARTS) is 1. The predicted octanol–water partition coefficient (Wildman–Crippen LogP) is 2.66. The van der Waals surface area contributed by atoms with Gasteiger partial charge in [-0.3, -0.25) is 0 Å². The molecule has 1 heterocycles. The van der Waals surface area contributed by atoms with E-state index in [4.69, 9.17) is 5.11 Å². The van der Waals surface area contributed by atoms with Gasteiger partial charge in [0, 0.05) is 40.3 Å². The smallest absolute Gasteiger partial charge is 0.220 e. The summed E-state index contributed by atoms with van der Waals surface area (Å²) < 4.78 is 3.41. The highest BCUT2D eigenvalue weighted by atomic mass is 79.9. The molecular formula is C25H27BrN2O4. The van der Waals surface area contributed by atoms with E-state index in [9.17, 15) is 15.0 Å². The molecule has 0 amide bonds. The number of carbonyl (C=O) groups is 1. The number of nitrogens with zero attached hydrogens (tertiary/aromatic N) is 2. The van der Waals surface area contributed by atoms with E-state index in [0.717, 1.165) is 23.6 Å². The monoisotopic (exact) mass is 498 g/mol. The highest BCUT2D eigenvalue weighted by Gasteiger charge is 2.31. The molecule has 1 aliphatic rings. The zero-order valence-corrected chi connectivity index (χ0v) is 20.0. The third-order valence-electron chi connectivity index (χ3n) is 5.52. The molecule has 6 nitrogen and oxygen atoms in total. The highest BCUT2D eigenvalue weighted by Crippen LogP contribution is 2.39. The van der Waals surface area contributed by atoms with Gasteiger partial charge in [-0.05, 0) is 50.2 Å². The molecule has 1 atom stereocenters. The number of carbonyl (C=O) groups excluding carboxylic acids is 1. The molecule has 0 aromatic heterocycles. The van der Waals surface area contributed by atoms with Gasteiger partial charge in [0.1, 0.15) is 7.05 Å². The van der Waals surface area contributed by atoms with Gasteiger partial charge < -0.3 is 25.0 Å². The molecule has 1 unspecified atom stereocenters. The molecule has 0 fully saturated rings. The summed E-state index contributed by atoms with van der Waals surface area (Å²) in [6, 6.07) is 19.5. The molecule has 0 saturated heterocycles. The summed E-state index contributed by atoms with van der Waals surface area (Å²) in [4.78, 5) is 11.5. The average molecular weight is 499 g/mol. The number of anilines is 1. The molecule has 0 radical (unpaired) electrons. The van der Waals surface area contributed by atoms with Crippen molar-refractivity contribution in [2.24, 2.45) is 0 Å². The number of rotatable bonds is 6. The molecule has 4 rings (SSSR count). The summed E-state index contributed by atoms with van der Waals surface area (Å²) in [5.74, 6) is -1.44. The Kier molecular flexibility index (Phi) is 7.66. The number of hydrogen-bond acceptors (Lipinski definition) is 5. The van der Waals surface area contributed by atoms with Crippen molar-refractivity contribution in [3.63, 3.8) is 0 Å². The fourth-order valence-corrected chi connectivity index (χ4v) is 4.36. The number of aliphatic hydroxyl groups excluding tert-OH is 2. The minimum Gasteiger partial charge on any atom is -0.547 e. The van der Waals surface area contributed by atoms with Gasteiger partial charge in [0.2, 0.25) is 11.4 Å². The molecule has 168 valence electrons. The number of aliphatic carboxylic acids is 1. The Labute approximate surface area is 196 Å². The summed E-state index contributed by atoms with van der Waals surface area (Å²) in [6.07, 6.45) is -1.34. The van der Waals surface area contributed by atoms with E-state index in [1.807, 2.05) is 0 Å². The standard InChI is InChI=1S/C22H22BrN2O.C3H6O3/c1-3-25(13-14-26)16-9-7-15(8-10-16)22-18-6-4-5-17-19(23)11-12-20(21(17)18)24(22)2;1-2(4)3(5)6/h4-12,26H,3,13-14H2,1-2H3;2,4H,1H3,(H,5,6)/q+1;/p-1. The van der Waals surface area contributed by atoms with Gasteiger partial charge in [-0.25, -0.2) is 0 Å². The number of hydrogen-bond donors (Lipinski definition) is 2. The van der Waals surface area contributed by atoms with E-state index in [1.165, 1.54) is 33.3 Å². The van der Waals surface area contributed by atoms with Crippen molar-refractivity contribution in [2.75, 3.05) is 31.6 Å². The minimum absolute atomic E-state index is 0.169. The lowest BCUT2D eigenvalue weighted by Crippen LogP contribution is -2.32. The summed E-state index contributed by atoms with van der Waals surface area (Å²) >= 11 is 3.68. The molecule has 2 N–H and O–H groups in total. The van der Waals surface area contributed by atoms with Crippen LogP contribution in [0.5, 0.6) is 0 Å². The van der Waals surface area contributed by atoms with Crippen LogP contribution in [-0.4, -0.2) is 59.3 Å². The fourth-order valence-electron chi connectivity index (χ4n) is 3.90. The fraction of sp³-hybridized carbons (Fsp3) is 0.280. The van der Waals surface area contributed by atoms with Crippen LogP contribution in [0.3, 0.4) is 0 Å². The number of aliphatic hydroxyl groups is 2. The number of likely N-dealkylation sites (N-methyl/N-ethyl adjacent to an activating group) is 1. The van der Waals surface area contributed by atoms with Crippen LogP contribution in [0, 0.1) is 0 Å². The first-order valence-corrected chi connectivity index (χ1v) is 11.3. The van der Waals surface area contributed by atoms with E-state index >= 15 is 0 Å². The Balaban J connectivity index is 0.000000427. The lowest BCUT2D eigenvalue weighted by atomic mass is 9.98. The van der Waals surface area contributed by atoms with Gasteiger partial charge in [0.25, 0.3) is 0 Å². The molecule has 7 heteroatoms. The second-order valence-corrected chi connectivity index (χ2v) is 8.40. The van der Waals surface area contributed by atoms with E-state index in [-0.39, 0.29) is 6.61 Å². The number of benzene rings is 3. The summed E-state index contributed by atoms with van der Waals surface area (Å²) in [6.45, 7) is 4.95. The van der Waals surface area contributed by atoms with Crippen molar-refractivity contribution < 1.29 is 24.7 Å². The van der Waals surface area contributed by atoms with Gasteiger partial charge in [-0.1, -0.05) is 28.1 Å². The normalized spacial score (nSPS) is 13.1. The third kappa shape index (κ3) is 4.70. The molecule has 3 aromatic rings. The van der Waals surface area contributed by atoms with Crippen molar-refractivity contribution >= 4 is 49.8 Å². The molecular weight excluding hydrogens is 472 g/mol. The van der Waals surface area contributed by atoms with E-state index in [2.05, 4.69) is 94.0 Å².